The number of hydrogen-bond acceptors (Lipinski definition) is 3. The molecular formula is C21H16Cl2N2O2S. The molecule has 3 aromatic rings. The number of carbonyl (C=O) groups is 1. The van der Waals surface area contributed by atoms with Crippen molar-refractivity contribution in [2.75, 3.05) is 5.32 Å². The molecule has 0 bridgehead atoms. The van der Waals surface area contributed by atoms with Gasteiger partial charge in [0, 0.05) is 17.3 Å². The molecule has 1 amide bonds. The van der Waals surface area contributed by atoms with Gasteiger partial charge in [-0.1, -0.05) is 47.0 Å². The van der Waals surface area contributed by atoms with Gasteiger partial charge in [0.2, 0.25) is 5.91 Å². The molecule has 0 aliphatic heterocycles. The molecule has 0 aliphatic rings. The Bertz CT molecular complexity index is 1040. The van der Waals surface area contributed by atoms with Gasteiger partial charge < -0.3 is 9.73 Å². The molecule has 0 saturated heterocycles. The Morgan fingerprint density at radius 2 is 1.82 bits per heavy atom. The maximum atomic E-state index is 12.0. The molecule has 0 spiro atoms. The summed E-state index contributed by atoms with van der Waals surface area (Å²) in [5, 5.41) is 6.61. The zero-order valence-electron chi connectivity index (χ0n) is 14.8. The minimum absolute atomic E-state index is 0.212. The number of furan rings is 1. The lowest BCUT2D eigenvalue weighted by Gasteiger charge is -2.08. The number of halogens is 2. The van der Waals surface area contributed by atoms with Crippen LogP contribution in [-0.4, -0.2) is 11.0 Å². The number of aryl methyl sites for hydroxylation is 1. The maximum Gasteiger partial charge on any atom is 0.250 e. The number of carbonyl (C=O) groups excluding carboxylic acids is 1. The Labute approximate surface area is 178 Å². The molecule has 0 radical (unpaired) electrons. The first-order valence-corrected chi connectivity index (χ1v) is 9.50. The molecule has 142 valence electrons. The van der Waals surface area contributed by atoms with E-state index in [9.17, 15) is 4.79 Å². The molecule has 2 aromatic carbocycles. The van der Waals surface area contributed by atoms with Crippen molar-refractivity contribution in [3.63, 3.8) is 0 Å². The minimum atomic E-state index is -0.372. The lowest BCUT2D eigenvalue weighted by atomic mass is 10.2. The summed E-state index contributed by atoms with van der Waals surface area (Å²) in [6, 6.07) is 16.5. The van der Waals surface area contributed by atoms with Gasteiger partial charge in [0.1, 0.15) is 11.5 Å². The molecule has 3 rings (SSSR count). The van der Waals surface area contributed by atoms with Crippen molar-refractivity contribution in [1.29, 1.82) is 0 Å². The van der Waals surface area contributed by atoms with Gasteiger partial charge in [-0.25, -0.2) is 0 Å². The summed E-state index contributed by atoms with van der Waals surface area (Å²) < 4.78 is 5.71. The van der Waals surface area contributed by atoms with Crippen molar-refractivity contribution < 1.29 is 9.21 Å². The van der Waals surface area contributed by atoms with Crippen molar-refractivity contribution in [2.45, 2.75) is 6.92 Å². The van der Waals surface area contributed by atoms with Crippen LogP contribution in [0.1, 0.15) is 11.3 Å². The highest BCUT2D eigenvalue weighted by atomic mass is 35.5. The largest absolute Gasteiger partial charge is 0.457 e. The zero-order chi connectivity index (χ0) is 20.1. The van der Waals surface area contributed by atoms with E-state index in [1.54, 1.807) is 30.3 Å². The highest BCUT2D eigenvalue weighted by Gasteiger charge is 2.10. The Balaban J connectivity index is 1.60. The van der Waals surface area contributed by atoms with E-state index in [-0.39, 0.29) is 11.0 Å². The number of hydrogen-bond donors (Lipinski definition) is 2. The van der Waals surface area contributed by atoms with Gasteiger partial charge in [-0.2, -0.15) is 0 Å². The summed E-state index contributed by atoms with van der Waals surface area (Å²) in [7, 11) is 0. The third kappa shape index (κ3) is 5.23. The van der Waals surface area contributed by atoms with E-state index in [0.717, 1.165) is 11.3 Å². The zero-order valence-corrected chi connectivity index (χ0v) is 17.2. The smallest absolute Gasteiger partial charge is 0.250 e. The lowest BCUT2D eigenvalue weighted by molar-refractivity contribution is -0.115. The summed E-state index contributed by atoms with van der Waals surface area (Å²) in [5.41, 5.74) is 2.62. The first kappa shape index (κ1) is 20.1. The predicted octanol–water partition coefficient (Wildman–Crippen LogP) is 6.09. The molecule has 0 saturated carbocycles. The fourth-order valence-electron chi connectivity index (χ4n) is 2.39. The van der Waals surface area contributed by atoms with Crippen LogP contribution in [0.2, 0.25) is 10.0 Å². The molecule has 28 heavy (non-hydrogen) atoms. The second-order valence-electron chi connectivity index (χ2n) is 5.95. The first-order chi connectivity index (χ1) is 13.4. The number of anilines is 1. The number of benzene rings is 2. The molecule has 1 heterocycles. The van der Waals surface area contributed by atoms with Crippen LogP contribution < -0.4 is 10.6 Å². The van der Waals surface area contributed by atoms with Gasteiger partial charge in [0.05, 0.1) is 10.0 Å². The number of nitrogens with one attached hydrogen (secondary N) is 2. The number of rotatable bonds is 4. The second-order valence-corrected chi connectivity index (χ2v) is 7.14. The van der Waals surface area contributed by atoms with Crippen molar-refractivity contribution in [3.8, 4) is 11.3 Å². The Morgan fingerprint density at radius 3 is 2.57 bits per heavy atom. The van der Waals surface area contributed by atoms with Crippen molar-refractivity contribution in [1.82, 2.24) is 5.32 Å². The highest BCUT2D eigenvalue weighted by molar-refractivity contribution is 7.80. The molecule has 0 atom stereocenters. The van der Waals surface area contributed by atoms with E-state index < -0.39 is 0 Å². The normalized spacial score (nSPS) is 10.8. The molecule has 7 heteroatoms. The summed E-state index contributed by atoms with van der Waals surface area (Å²) in [4.78, 5) is 12.0. The monoisotopic (exact) mass is 430 g/mol. The van der Waals surface area contributed by atoms with Gasteiger partial charge in [-0.05, 0) is 61.6 Å². The first-order valence-electron chi connectivity index (χ1n) is 8.33. The fourth-order valence-corrected chi connectivity index (χ4v) is 3.00. The Morgan fingerprint density at radius 1 is 1.07 bits per heavy atom. The maximum absolute atomic E-state index is 12.0. The average Bonchev–Trinajstić information content (AvgIpc) is 3.13. The van der Waals surface area contributed by atoms with Crippen LogP contribution in [-0.2, 0) is 4.79 Å². The highest BCUT2D eigenvalue weighted by Crippen LogP contribution is 2.34. The van der Waals surface area contributed by atoms with E-state index >= 15 is 0 Å². The van der Waals surface area contributed by atoms with Crippen molar-refractivity contribution in [3.05, 3.63) is 82.0 Å². The minimum Gasteiger partial charge on any atom is -0.457 e. The van der Waals surface area contributed by atoms with Crippen LogP contribution in [0.25, 0.3) is 17.4 Å². The van der Waals surface area contributed by atoms with E-state index in [0.29, 0.717) is 27.1 Å². The standard InChI is InChI=1S/C21H16Cl2N2O2S/c1-13-5-7-14(8-6-13)24-21(28)25-19(26)12-10-15-9-11-18(27-15)16-3-2-4-17(22)20(16)23/h2-12H,1H3,(H2,24,25,26,28). The molecule has 0 aliphatic carbocycles. The summed E-state index contributed by atoms with van der Waals surface area (Å²) in [6.07, 6.45) is 2.89. The quantitative estimate of drug-likeness (QED) is 0.388. The van der Waals surface area contributed by atoms with Crippen LogP contribution in [0, 0.1) is 6.92 Å². The third-order valence-corrected chi connectivity index (χ3v) is 4.81. The van der Waals surface area contributed by atoms with Crippen LogP contribution in [0.5, 0.6) is 0 Å². The van der Waals surface area contributed by atoms with E-state index in [2.05, 4.69) is 10.6 Å². The van der Waals surface area contributed by atoms with Crippen LogP contribution >= 0.6 is 35.4 Å². The van der Waals surface area contributed by atoms with Gasteiger partial charge >= 0.3 is 0 Å². The molecule has 4 nitrogen and oxygen atoms in total. The third-order valence-electron chi connectivity index (χ3n) is 3.79. The predicted molar refractivity (Wildman–Crippen MR) is 119 cm³/mol. The topological polar surface area (TPSA) is 54.3 Å². The number of thiocarbonyl (C=S) groups is 1. The summed E-state index contributed by atoms with van der Waals surface area (Å²) >= 11 is 17.4. The molecule has 0 unspecified atom stereocenters. The SMILES string of the molecule is Cc1ccc(NC(=S)NC(=O)C=Cc2ccc(-c3cccc(Cl)c3Cl)o2)cc1. The fraction of sp³-hybridized carbons (Fsp3) is 0.0476. The van der Waals surface area contributed by atoms with E-state index in [4.69, 9.17) is 39.8 Å². The molecular weight excluding hydrogens is 415 g/mol. The van der Waals surface area contributed by atoms with E-state index in [1.807, 2.05) is 37.3 Å². The Hall–Kier alpha value is -2.60. The number of amides is 1. The summed E-state index contributed by atoms with van der Waals surface area (Å²) in [5.74, 6) is 0.686. The average molecular weight is 431 g/mol. The van der Waals surface area contributed by atoms with Gasteiger partial charge in [-0.15, -0.1) is 0 Å². The molecule has 2 N–H and O–H groups in total. The van der Waals surface area contributed by atoms with Gasteiger partial charge in [0.15, 0.2) is 5.11 Å². The van der Waals surface area contributed by atoms with Crippen LogP contribution in [0.4, 0.5) is 5.69 Å². The summed E-state index contributed by atoms with van der Waals surface area (Å²) in [6.45, 7) is 2.00. The van der Waals surface area contributed by atoms with Gasteiger partial charge in [-0.3, -0.25) is 10.1 Å². The van der Waals surface area contributed by atoms with Gasteiger partial charge in [0.25, 0.3) is 0 Å². The Kier molecular flexibility index (Phi) is 6.52. The van der Waals surface area contributed by atoms with Crippen LogP contribution in [0.15, 0.2) is 65.1 Å². The second kappa shape index (κ2) is 9.06. The van der Waals surface area contributed by atoms with E-state index in [1.165, 1.54) is 6.08 Å². The van der Waals surface area contributed by atoms with Crippen LogP contribution in [0.3, 0.4) is 0 Å². The van der Waals surface area contributed by atoms with Crippen molar-refractivity contribution in [2.24, 2.45) is 0 Å². The lowest BCUT2D eigenvalue weighted by Crippen LogP contribution is -2.32. The molecule has 1 aromatic heterocycles. The van der Waals surface area contributed by atoms with Crippen molar-refractivity contribution >= 4 is 58.2 Å². The molecule has 0 fully saturated rings.